The van der Waals surface area contributed by atoms with Gasteiger partial charge >= 0.3 is 0 Å². The van der Waals surface area contributed by atoms with Crippen molar-refractivity contribution in [3.8, 4) is 11.5 Å². The molecule has 0 heterocycles. The molecule has 0 spiro atoms. The van der Waals surface area contributed by atoms with Crippen LogP contribution in [0.4, 0.5) is 0 Å². The zero-order chi connectivity index (χ0) is 15.3. The van der Waals surface area contributed by atoms with E-state index in [1.54, 1.807) is 14.2 Å². The van der Waals surface area contributed by atoms with Crippen molar-refractivity contribution in [2.75, 3.05) is 27.3 Å². The quantitative estimate of drug-likeness (QED) is 0.824. The van der Waals surface area contributed by atoms with Gasteiger partial charge in [-0.2, -0.15) is 0 Å². The molecular weight excluding hydrogens is 322 g/mol. The average Bonchev–Trinajstić information content (AvgIpc) is 2.37. The summed E-state index contributed by atoms with van der Waals surface area (Å²) >= 11 is 3.46. The van der Waals surface area contributed by atoms with Gasteiger partial charge in [0, 0.05) is 18.7 Å². The maximum absolute atomic E-state index is 9.96. The molecule has 0 saturated carbocycles. The molecule has 1 rings (SSSR count). The predicted molar refractivity (Wildman–Crippen MR) is 84.5 cm³/mol. The van der Waals surface area contributed by atoms with Gasteiger partial charge in [0.25, 0.3) is 0 Å². The highest BCUT2D eigenvalue weighted by Gasteiger charge is 2.19. The third-order valence-electron chi connectivity index (χ3n) is 3.01. The van der Waals surface area contributed by atoms with Crippen LogP contribution in [0.2, 0.25) is 0 Å². The molecule has 5 heteroatoms. The molecule has 0 atom stereocenters. The molecule has 0 aliphatic heterocycles. The van der Waals surface area contributed by atoms with Crippen LogP contribution in [0.1, 0.15) is 26.3 Å². The van der Waals surface area contributed by atoms with Crippen LogP contribution >= 0.6 is 15.9 Å². The van der Waals surface area contributed by atoms with E-state index in [9.17, 15) is 5.11 Å². The Hall–Kier alpha value is -0.780. The molecule has 4 nitrogen and oxygen atoms in total. The fourth-order valence-electron chi connectivity index (χ4n) is 2.11. The maximum atomic E-state index is 9.96. The minimum atomic E-state index is -0.720. The lowest BCUT2D eigenvalue weighted by atomic mass is 10.1. The van der Waals surface area contributed by atoms with Crippen LogP contribution < -0.4 is 9.47 Å². The summed E-state index contributed by atoms with van der Waals surface area (Å²) in [5, 5.41) is 9.96. The van der Waals surface area contributed by atoms with Crippen LogP contribution in [0.3, 0.4) is 0 Å². The number of nitrogens with zero attached hydrogens (tertiary/aromatic N) is 1. The molecule has 20 heavy (non-hydrogen) atoms. The largest absolute Gasteiger partial charge is 0.496 e. The summed E-state index contributed by atoms with van der Waals surface area (Å²) in [4.78, 5) is 2.17. The number of methoxy groups -OCH3 is 2. The van der Waals surface area contributed by atoms with Gasteiger partial charge in [-0.1, -0.05) is 6.92 Å². The third-order valence-corrected chi connectivity index (χ3v) is 3.63. The third kappa shape index (κ3) is 4.96. The van der Waals surface area contributed by atoms with E-state index in [0.29, 0.717) is 13.1 Å². The molecule has 1 aromatic carbocycles. The van der Waals surface area contributed by atoms with E-state index < -0.39 is 5.60 Å². The van der Waals surface area contributed by atoms with Crippen molar-refractivity contribution >= 4 is 15.9 Å². The minimum Gasteiger partial charge on any atom is -0.496 e. The lowest BCUT2D eigenvalue weighted by molar-refractivity contribution is 0.0351. The Morgan fingerprint density at radius 3 is 2.25 bits per heavy atom. The highest BCUT2D eigenvalue weighted by molar-refractivity contribution is 9.10. The van der Waals surface area contributed by atoms with Gasteiger partial charge in [0.2, 0.25) is 0 Å². The fraction of sp³-hybridized carbons (Fsp3) is 0.600. The number of ether oxygens (including phenoxy) is 2. The second-order valence-electron chi connectivity index (χ2n) is 5.41. The SMILES string of the molecule is CCN(Cc1cc(OC)c(Br)cc1OC)CC(C)(C)O. The van der Waals surface area contributed by atoms with Gasteiger partial charge in [0.05, 0.1) is 24.3 Å². The van der Waals surface area contributed by atoms with Crippen LogP contribution in [0.25, 0.3) is 0 Å². The van der Waals surface area contributed by atoms with Gasteiger partial charge in [0.15, 0.2) is 0 Å². The van der Waals surface area contributed by atoms with Crippen LogP contribution in [0, 0.1) is 0 Å². The molecule has 0 fully saturated rings. The van der Waals surface area contributed by atoms with E-state index in [1.165, 1.54) is 0 Å². The second-order valence-corrected chi connectivity index (χ2v) is 6.27. The topological polar surface area (TPSA) is 41.9 Å². The molecule has 0 aliphatic carbocycles. The molecule has 0 amide bonds. The van der Waals surface area contributed by atoms with E-state index in [0.717, 1.165) is 28.1 Å². The maximum Gasteiger partial charge on any atom is 0.133 e. The Morgan fingerprint density at radius 1 is 1.20 bits per heavy atom. The van der Waals surface area contributed by atoms with Crippen LogP contribution in [-0.4, -0.2) is 42.9 Å². The second kappa shape index (κ2) is 7.29. The van der Waals surface area contributed by atoms with Gasteiger partial charge in [-0.15, -0.1) is 0 Å². The summed E-state index contributed by atoms with van der Waals surface area (Å²) in [7, 11) is 3.30. The van der Waals surface area contributed by atoms with Gasteiger partial charge in [-0.3, -0.25) is 4.90 Å². The van der Waals surface area contributed by atoms with Crippen molar-refractivity contribution < 1.29 is 14.6 Å². The average molecular weight is 346 g/mol. The van der Waals surface area contributed by atoms with E-state index in [4.69, 9.17) is 9.47 Å². The summed E-state index contributed by atoms with van der Waals surface area (Å²) in [5.41, 5.74) is 0.321. The van der Waals surface area contributed by atoms with Crippen molar-refractivity contribution in [2.24, 2.45) is 0 Å². The first-order chi connectivity index (χ1) is 9.30. The molecule has 1 N–H and O–H groups in total. The van der Waals surface area contributed by atoms with E-state index in [1.807, 2.05) is 26.0 Å². The molecule has 0 aromatic heterocycles. The molecule has 0 aliphatic rings. The number of aliphatic hydroxyl groups is 1. The summed E-state index contributed by atoms with van der Waals surface area (Å²) in [6.07, 6.45) is 0. The van der Waals surface area contributed by atoms with Crippen molar-refractivity contribution in [3.63, 3.8) is 0 Å². The molecule has 114 valence electrons. The number of rotatable bonds is 7. The molecule has 0 radical (unpaired) electrons. The number of hydrogen-bond donors (Lipinski definition) is 1. The fourth-order valence-corrected chi connectivity index (χ4v) is 2.60. The van der Waals surface area contributed by atoms with E-state index in [2.05, 4.69) is 27.8 Å². The molecule has 0 saturated heterocycles. The predicted octanol–water partition coefficient (Wildman–Crippen LogP) is 3.06. The lowest BCUT2D eigenvalue weighted by Gasteiger charge is -2.28. The number of halogens is 1. The Labute approximate surface area is 129 Å². The van der Waals surface area contributed by atoms with Gasteiger partial charge in [-0.05, 0) is 48.5 Å². The highest BCUT2D eigenvalue weighted by atomic mass is 79.9. The first-order valence-corrected chi connectivity index (χ1v) is 7.45. The Morgan fingerprint density at radius 2 is 1.80 bits per heavy atom. The normalized spacial score (nSPS) is 11.8. The zero-order valence-corrected chi connectivity index (χ0v) is 14.5. The Kier molecular flexibility index (Phi) is 6.30. The van der Waals surface area contributed by atoms with Gasteiger partial charge in [0.1, 0.15) is 11.5 Å². The lowest BCUT2D eigenvalue weighted by Crippen LogP contribution is -2.38. The highest BCUT2D eigenvalue weighted by Crippen LogP contribution is 2.33. The van der Waals surface area contributed by atoms with E-state index in [-0.39, 0.29) is 0 Å². The first-order valence-electron chi connectivity index (χ1n) is 6.65. The Bertz CT molecular complexity index is 443. The standard InChI is InChI=1S/C15H24BrNO3/c1-6-17(10-15(2,3)18)9-11-7-14(20-5)12(16)8-13(11)19-4/h7-8,18H,6,9-10H2,1-5H3. The van der Waals surface area contributed by atoms with Crippen molar-refractivity contribution in [1.29, 1.82) is 0 Å². The first kappa shape index (κ1) is 17.3. The molecule has 1 aromatic rings. The summed E-state index contributed by atoms with van der Waals surface area (Å²) < 4.78 is 11.6. The number of likely N-dealkylation sites (N-methyl/N-ethyl adjacent to an activating group) is 1. The zero-order valence-electron chi connectivity index (χ0n) is 12.9. The van der Waals surface area contributed by atoms with Gasteiger partial charge < -0.3 is 14.6 Å². The summed E-state index contributed by atoms with van der Waals surface area (Å²) in [6.45, 7) is 7.86. The van der Waals surface area contributed by atoms with Crippen LogP contribution in [0.15, 0.2) is 16.6 Å². The smallest absolute Gasteiger partial charge is 0.133 e. The van der Waals surface area contributed by atoms with E-state index >= 15 is 0 Å². The molecule has 0 unspecified atom stereocenters. The molecule has 0 bridgehead atoms. The van der Waals surface area contributed by atoms with Crippen molar-refractivity contribution in [3.05, 3.63) is 22.2 Å². The van der Waals surface area contributed by atoms with Crippen molar-refractivity contribution in [2.45, 2.75) is 32.9 Å². The van der Waals surface area contributed by atoms with Gasteiger partial charge in [-0.25, -0.2) is 0 Å². The Balaban J connectivity index is 2.99. The number of benzene rings is 1. The van der Waals surface area contributed by atoms with Crippen LogP contribution in [-0.2, 0) is 6.54 Å². The van der Waals surface area contributed by atoms with Crippen molar-refractivity contribution in [1.82, 2.24) is 4.90 Å². The summed E-state index contributed by atoms with van der Waals surface area (Å²) in [5.74, 6) is 1.59. The monoisotopic (exact) mass is 345 g/mol. The molecular formula is C15H24BrNO3. The summed E-state index contributed by atoms with van der Waals surface area (Å²) in [6, 6.07) is 3.88. The number of hydrogen-bond acceptors (Lipinski definition) is 4. The van der Waals surface area contributed by atoms with Crippen LogP contribution in [0.5, 0.6) is 11.5 Å². The minimum absolute atomic E-state index is 0.602.